The zero-order valence-corrected chi connectivity index (χ0v) is 9.69. The van der Waals surface area contributed by atoms with E-state index in [0.717, 1.165) is 0 Å². The Morgan fingerprint density at radius 3 is 2.21 bits per heavy atom. The van der Waals surface area contributed by atoms with Crippen LogP contribution in [0.4, 0.5) is 13.2 Å². The zero-order valence-electron chi connectivity index (χ0n) is 8.06. The average molecular weight is 249 g/mol. The van der Waals surface area contributed by atoms with E-state index >= 15 is 0 Å². The summed E-state index contributed by atoms with van der Waals surface area (Å²) in [7, 11) is -1.27. The highest BCUT2D eigenvalue weighted by Gasteiger charge is 2.28. The van der Waals surface area contributed by atoms with Gasteiger partial charge < -0.3 is 5.73 Å². The molecule has 0 amide bonds. The molecule has 0 heterocycles. The van der Waals surface area contributed by atoms with Crippen LogP contribution in [-0.4, -0.2) is 32.5 Å². The maximum absolute atomic E-state index is 11.7. The summed E-state index contributed by atoms with van der Waals surface area (Å²) in [6.07, 6.45) is 0. The van der Waals surface area contributed by atoms with E-state index in [-0.39, 0.29) is 29.0 Å². The van der Waals surface area contributed by atoms with Crippen molar-refractivity contribution < 1.29 is 17.4 Å². The van der Waals surface area contributed by atoms with Gasteiger partial charge in [-0.3, -0.25) is 4.21 Å². The summed E-state index contributed by atoms with van der Waals surface area (Å²) in [5.41, 5.74) is 0.749. The fourth-order valence-corrected chi connectivity index (χ4v) is 3.02. The molecule has 2 N–H and O–H groups in total. The minimum atomic E-state index is -4.23. The lowest BCUT2D eigenvalue weighted by molar-refractivity contribution is -0.0326. The predicted molar refractivity (Wildman–Crippen MR) is 54.7 cm³/mol. The number of nitrogens with two attached hydrogens (primary N) is 1. The molecule has 0 bridgehead atoms. The van der Waals surface area contributed by atoms with E-state index in [0.29, 0.717) is 0 Å². The SMILES string of the molecule is CC(C)(N)CS(=O)CCSC(F)(F)F. The fourth-order valence-electron chi connectivity index (χ4n) is 0.737. The Morgan fingerprint density at radius 2 is 1.86 bits per heavy atom. The van der Waals surface area contributed by atoms with E-state index in [4.69, 9.17) is 5.73 Å². The van der Waals surface area contributed by atoms with Crippen molar-refractivity contribution in [1.82, 2.24) is 0 Å². The molecule has 0 saturated heterocycles. The molecular formula is C7H14F3NOS2. The van der Waals surface area contributed by atoms with E-state index in [1.807, 2.05) is 0 Å². The number of alkyl halides is 3. The number of rotatable bonds is 5. The lowest BCUT2D eigenvalue weighted by atomic mass is 10.1. The third-order valence-corrected chi connectivity index (χ3v) is 3.83. The van der Waals surface area contributed by atoms with Gasteiger partial charge in [0.2, 0.25) is 0 Å². The van der Waals surface area contributed by atoms with Gasteiger partial charge >= 0.3 is 5.51 Å². The molecule has 0 spiro atoms. The van der Waals surface area contributed by atoms with Gasteiger partial charge in [0.05, 0.1) is 0 Å². The second-order valence-corrected chi connectivity index (χ2v) is 6.31. The minimum absolute atomic E-state index is 0.0325. The van der Waals surface area contributed by atoms with Gasteiger partial charge in [0.25, 0.3) is 0 Å². The van der Waals surface area contributed by atoms with E-state index in [1.54, 1.807) is 13.8 Å². The van der Waals surface area contributed by atoms with Gasteiger partial charge in [-0.05, 0) is 13.8 Å². The minimum Gasteiger partial charge on any atom is -0.325 e. The Morgan fingerprint density at radius 1 is 1.36 bits per heavy atom. The largest absolute Gasteiger partial charge is 0.441 e. The first kappa shape index (κ1) is 14.2. The van der Waals surface area contributed by atoms with Crippen LogP contribution in [0.15, 0.2) is 0 Å². The topological polar surface area (TPSA) is 43.1 Å². The molecule has 1 unspecified atom stereocenters. The summed E-state index contributed by atoms with van der Waals surface area (Å²) in [6.45, 7) is 3.39. The summed E-state index contributed by atoms with van der Waals surface area (Å²) >= 11 is -0.146. The van der Waals surface area contributed by atoms with Crippen LogP contribution in [0.25, 0.3) is 0 Å². The van der Waals surface area contributed by atoms with Crippen molar-refractivity contribution in [1.29, 1.82) is 0 Å². The maximum atomic E-state index is 11.7. The highest BCUT2D eigenvalue weighted by molar-refractivity contribution is 8.00. The molecular weight excluding hydrogens is 235 g/mol. The standard InChI is InChI=1S/C7H14F3NOS2/c1-6(2,11)5-14(12)4-3-13-7(8,9)10/h3-5,11H2,1-2H3. The van der Waals surface area contributed by atoms with Gasteiger partial charge in [-0.15, -0.1) is 0 Å². The molecule has 0 aromatic carbocycles. The van der Waals surface area contributed by atoms with Crippen LogP contribution in [0.1, 0.15) is 13.8 Å². The predicted octanol–water partition coefficient (Wildman–Crippen LogP) is 1.73. The summed E-state index contributed by atoms with van der Waals surface area (Å²) in [6, 6.07) is 0. The third kappa shape index (κ3) is 10.3. The lowest BCUT2D eigenvalue weighted by Crippen LogP contribution is -2.38. The first-order valence-electron chi connectivity index (χ1n) is 3.95. The van der Waals surface area contributed by atoms with E-state index in [9.17, 15) is 17.4 Å². The van der Waals surface area contributed by atoms with Crippen molar-refractivity contribution >= 4 is 22.6 Å². The fraction of sp³-hybridized carbons (Fsp3) is 1.00. The number of hydrogen-bond acceptors (Lipinski definition) is 3. The number of thioether (sulfide) groups is 1. The molecule has 7 heteroatoms. The van der Waals surface area contributed by atoms with Gasteiger partial charge in [0.1, 0.15) is 0 Å². The molecule has 14 heavy (non-hydrogen) atoms. The molecule has 86 valence electrons. The molecule has 0 rings (SSSR count). The molecule has 0 aromatic rings. The van der Waals surface area contributed by atoms with E-state index < -0.39 is 21.8 Å². The third-order valence-electron chi connectivity index (χ3n) is 1.11. The maximum Gasteiger partial charge on any atom is 0.441 e. The lowest BCUT2D eigenvalue weighted by Gasteiger charge is -2.17. The van der Waals surface area contributed by atoms with Gasteiger partial charge in [-0.25, -0.2) is 0 Å². The first-order chi connectivity index (χ1) is 6.10. The highest BCUT2D eigenvalue weighted by atomic mass is 32.2. The van der Waals surface area contributed by atoms with Crippen LogP contribution >= 0.6 is 11.8 Å². The quantitative estimate of drug-likeness (QED) is 0.807. The second-order valence-electron chi connectivity index (χ2n) is 3.57. The van der Waals surface area contributed by atoms with Crippen LogP contribution in [0, 0.1) is 0 Å². The van der Waals surface area contributed by atoms with E-state index in [2.05, 4.69) is 0 Å². The van der Waals surface area contributed by atoms with Crippen LogP contribution in [0.5, 0.6) is 0 Å². The van der Waals surface area contributed by atoms with Gasteiger partial charge in [-0.2, -0.15) is 13.2 Å². The Kier molecular flexibility index (Phi) is 5.46. The summed E-state index contributed by atoms with van der Waals surface area (Å²) in [5, 5.41) is 0. The summed E-state index contributed by atoms with van der Waals surface area (Å²) < 4.78 is 46.2. The molecule has 0 aromatic heterocycles. The molecule has 0 aliphatic rings. The van der Waals surface area contributed by atoms with Crippen LogP contribution in [0.2, 0.25) is 0 Å². The Labute approximate surface area is 88.3 Å². The smallest absolute Gasteiger partial charge is 0.325 e. The van der Waals surface area contributed by atoms with Crippen molar-refractivity contribution in [3.05, 3.63) is 0 Å². The molecule has 2 nitrogen and oxygen atoms in total. The molecule has 1 atom stereocenters. The van der Waals surface area contributed by atoms with Crippen molar-refractivity contribution in [2.75, 3.05) is 17.3 Å². The van der Waals surface area contributed by atoms with Crippen molar-refractivity contribution in [3.63, 3.8) is 0 Å². The average Bonchev–Trinajstić information content (AvgIpc) is 1.78. The van der Waals surface area contributed by atoms with Gasteiger partial charge in [0, 0.05) is 33.6 Å². The number of halogens is 3. The molecule has 0 aliphatic heterocycles. The van der Waals surface area contributed by atoms with Crippen molar-refractivity contribution in [2.45, 2.75) is 24.9 Å². The first-order valence-corrected chi connectivity index (χ1v) is 6.42. The molecule has 0 fully saturated rings. The van der Waals surface area contributed by atoms with Crippen molar-refractivity contribution in [2.24, 2.45) is 5.73 Å². The second kappa shape index (κ2) is 5.37. The Balaban J connectivity index is 3.66. The Bertz CT molecular complexity index is 200. The molecule has 0 aliphatic carbocycles. The highest BCUT2D eigenvalue weighted by Crippen LogP contribution is 2.29. The van der Waals surface area contributed by atoms with E-state index in [1.165, 1.54) is 0 Å². The van der Waals surface area contributed by atoms with Gasteiger partial charge in [0.15, 0.2) is 0 Å². The van der Waals surface area contributed by atoms with Crippen LogP contribution in [0.3, 0.4) is 0 Å². The Hall–Kier alpha value is 0.250. The number of hydrogen-bond donors (Lipinski definition) is 1. The van der Waals surface area contributed by atoms with Crippen LogP contribution < -0.4 is 5.73 Å². The normalized spacial score (nSPS) is 15.6. The monoisotopic (exact) mass is 249 g/mol. The summed E-state index contributed by atoms with van der Waals surface area (Å²) in [5.74, 6) is 0.0857. The van der Waals surface area contributed by atoms with Crippen LogP contribution in [-0.2, 0) is 10.8 Å². The molecule has 0 saturated carbocycles. The molecule has 0 radical (unpaired) electrons. The van der Waals surface area contributed by atoms with Crippen molar-refractivity contribution in [3.8, 4) is 0 Å². The zero-order chi connectivity index (χ0) is 11.4. The van der Waals surface area contributed by atoms with Gasteiger partial charge in [-0.1, -0.05) is 11.8 Å². The summed E-state index contributed by atoms with van der Waals surface area (Å²) in [4.78, 5) is 0.